The van der Waals surface area contributed by atoms with E-state index >= 15 is 0 Å². The van der Waals surface area contributed by atoms with Gasteiger partial charge in [0.25, 0.3) is 0 Å². The minimum atomic E-state index is -0.317. The molecule has 1 atom stereocenters. The van der Waals surface area contributed by atoms with Crippen LogP contribution in [0.15, 0.2) is 41.6 Å². The van der Waals surface area contributed by atoms with Gasteiger partial charge < -0.3 is 9.64 Å². The zero-order valence-corrected chi connectivity index (χ0v) is 14.1. The van der Waals surface area contributed by atoms with Gasteiger partial charge in [-0.3, -0.25) is 4.68 Å². The van der Waals surface area contributed by atoms with Crippen LogP contribution in [0.4, 0.5) is 10.6 Å². The third kappa shape index (κ3) is 4.10. The summed E-state index contributed by atoms with van der Waals surface area (Å²) in [6.45, 7) is 1.46. The third-order valence-electron chi connectivity index (χ3n) is 4.30. The van der Waals surface area contributed by atoms with Gasteiger partial charge in [-0.05, 0) is 29.1 Å². The molecule has 1 unspecified atom stereocenters. The highest BCUT2D eigenvalue weighted by Gasteiger charge is 2.28. The maximum atomic E-state index is 12.4. The average molecular weight is 340 g/mol. The number of amides is 1. The van der Waals surface area contributed by atoms with Crippen molar-refractivity contribution in [1.29, 1.82) is 0 Å². The fourth-order valence-electron chi connectivity index (χ4n) is 3.11. The van der Waals surface area contributed by atoms with Crippen LogP contribution in [0.1, 0.15) is 29.9 Å². The van der Waals surface area contributed by atoms with Gasteiger partial charge in [0.1, 0.15) is 6.61 Å². The number of aromatic nitrogens is 2. The Kier molecular flexibility index (Phi) is 5.20. The lowest BCUT2D eigenvalue weighted by atomic mass is 9.92. The van der Waals surface area contributed by atoms with Crippen molar-refractivity contribution < 1.29 is 9.53 Å². The average Bonchev–Trinajstić information content (AvgIpc) is 3.01. The highest BCUT2D eigenvalue weighted by atomic mass is 16.6. The fourth-order valence-corrected chi connectivity index (χ4v) is 3.11. The number of carbonyl (C=O) groups excluding carboxylic acids is 1. The Balaban J connectivity index is 1.64. The maximum absolute atomic E-state index is 12.4. The molecule has 1 fully saturated rings. The van der Waals surface area contributed by atoms with Crippen LogP contribution >= 0.6 is 0 Å². The molecule has 1 aliphatic rings. The number of hydrogen-bond donors (Lipinski definition) is 0. The Bertz CT molecular complexity index is 782. The molecule has 1 aromatic heterocycles. The van der Waals surface area contributed by atoms with Crippen LogP contribution in [-0.2, 0) is 18.4 Å². The van der Waals surface area contributed by atoms with Gasteiger partial charge >= 0.3 is 6.09 Å². The number of hydrogen-bond acceptors (Lipinski definition) is 4. The van der Waals surface area contributed by atoms with Gasteiger partial charge in [-0.25, -0.2) is 4.79 Å². The first kappa shape index (κ1) is 16.9. The summed E-state index contributed by atoms with van der Waals surface area (Å²) in [5, 5.41) is 7.85. The molecule has 0 saturated carbocycles. The molecule has 3 rings (SSSR count). The molecule has 1 aliphatic heterocycles. The lowest BCUT2D eigenvalue weighted by Crippen LogP contribution is -2.39. The Morgan fingerprint density at radius 1 is 1.44 bits per heavy atom. The molecule has 0 bridgehead atoms. The van der Waals surface area contributed by atoms with Gasteiger partial charge in [0.15, 0.2) is 5.82 Å². The Morgan fingerprint density at radius 2 is 2.24 bits per heavy atom. The second-order valence-corrected chi connectivity index (χ2v) is 6.10. The normalized spacial score (nSPS) is 17.0. The van der Waals surface area contributed by atoms with E-state index in [-0.39, 0.29) is 18.6 Å². The van der Waals surface area contributed by atoms with Crippen LogP contribution in [0.5, 0.6) is 0 Å². The predicted octanol–water partition coefficient (Wildman–Crippen LogP) is 3.88. The Morgan fingerprint density at radius 3 is 3.00 bits per heavy atom. The molecule has 25 heavy (non-hydrogen) atoms. The van der Waals surface area contributed by atoms with Crippen LogP contribution in [-0.4, -0.2) is 33.9 Å². The second kappa shape index (κ2) is 7.72. The monoisotopic (exact) mass is 340 g/mol. The summed E-state index contributed by atoms with van der Waals surface area (Å²) in [5.41, 5.74) is 10.5. The largest absolute Gasteiger partial charge is 0.445 e. The lowest BCUT2D eigenvalue weighted by Gasteiger charge is -2.31. The number of piperidine rings is 1. The minimum Gasteiger partial charge on any atom is -0.445 e. The molecule has 1 saturated heterocycles. The number of benzene rings is 1. The van der Waals surface area contributed by atoms with Gasteiger partial charge in [0.2, 0.25) is 0 Å². The zero-order chi connectivity index (χ0) is 17.6. The minimum absolute atomic E-state index is 0.0900. The molecule has 8 heteroatoms. The summed E-state index contributed by atoms with van der Waals surface area (Å²) in [6.07, 6.45) is 3.33. The molecule has 130 valence electrons. The number of rotatable bonds is 4. The summed E-state index contributed by atoms with van der Waals surface area (Å²) in [6, 6.07) is 9.61. The molecule has 0 radical (unpaired) electrons. The molecule has 8 nitrogen and oxygen atoms in total. The summed E-state index contributed by atoms with van der Waals surface area (Å²) < 4.78 is 7.05. The van der Waals surface area contributed by atoms with Crippen molar-refractivity contribution in [2.45, 2.75) is 25.4 Å². The van der Waals surface area contributed by atoms with Crippen molar-refractivity contribution in [3.63, 3.8) is 0 Å². The van der Waals surface area contributed by atoms with Crippen molar-refractivity contribution in [2.24, 2.45) is 12.2 Å². The highest BCUT2D eigenvalue weighted by Crippen LogP contribution is 2.32. The Labute approximate surface area is 145 Å². The van der Waals surface area contributed by atoms with Crippen molar-refractivity contribution in [1.82, 2.24) is 14.7 Å². The third-order valence-corrected chi connectivity index (χ3v) is 4.30. The number of nitrogens with zero attached hydrogens (tertiary/aromatic N) is 6. The van der Waals surface area contributed by atoms with E-state index in [0.29, 0.717) is 18.9 Å². The van der Waals surface area contributed by atoms with Crippen LogP contribution in [0.25, 0.3) is 10.4 Å². The van der Waals surface area contributed by atoms with E-state index in [1.165, 1.54) is 0 Å². The number of ether oxygens (including phenoxy) is 1. The standard InChI is InChI=1S/C17H20N6O2/c1-22-11-15(16(20-22)19-21-18)14-8-5-9-23(10-14)17(24)25-12-13-6-3-2-4-7-13/h2-4,6-7,11,14H,5,8-10,12H2,1H3. The molecule has 0 aliphatic carbocycles. The van der Waals surface area contributed by atoms with Gasteiger partial charge in [-0.15, -0.1) is 0 Å². The number of likely N-dealkylation sites (tertiary alicyclic amines) is 1. The van der Waals surface area contributed by atoms with Crippen LogP contribution < -0.4 is 0 Å². The highest BCUT2D eigenvalue weighted by molar-refractivity contribution is 5.68. The summed E-state index contributed by atoms with van der Waals surface area (Å²) in [4.78, 5) is 16.9. The van der Waals surface area contributed by atoms with Crippen molar-refractivity contribution in [2.75, 3.05) is 13.1 Å². The number of azide groups is 1. The maximum Gasteiger partial charge on any atom is 0.410 e. The lowest BCUT2D eigenvalue weighted by molar-refractivity contribution is 0.0859. The predicted molar refractivity (Wildman–Crippen MR) is 92.2 cm³/mol. The molecule has 1 aromatic carbocycles. The molecule has 0 N–H and O–H groups in total. The van der Waals surface area contributed by atoms with Gasteiger partial charge in [-0.2, -0.15) is 5.10 Å². The summed E-state index contributed by atoms with van der Waals surface area (Å²) in [5.74, 6) is 0.474. The SMILES string of the molecule is Cn1cc(C2CCCN(C(=O)OCc3ccccc3)C2)c(N=[N+]=[N-])n1. The first-order chi connectivity index (χ1) is 12.2. The van der Waals surface area contributed by atoms with Crippen LogP contribution in [0.2, 0.25) is 0 Å². The fraction of sp³-hybridized carbons (Fsp3) is 0.412. The molecular weight excluding hydrogens is 320 g/mol. The molecule has 2 aromatic rings. The number of carbonyl (C=O) groups is 1. The summed E-state index contributed by atoms with van der Waals surface area (Å²) in [7, 11) is 1.79. The van der Waals surface area contributed by atoms with E-state index < -0.39 is 0 Å². The van der Waals surface area contributed by atoms with E-state index in [9.17, 15) is 4.79 Å². The van der Waals surface area contributed by atoms with Crippen molar-refractivity contribution >= 4 is 11.9 Å². The van der Waals surface area contributed by atoms with E-state index in [1.54, 1.807) is 16.6 Å². The smallest absolute Gasteiger partial charge is 0.410 e. The number of aryl methyl sites for hydroxylation is 1. The quantitative estimate of drug-likeness (QED) is 0.480. The topological polar surface area (TPSA) is 96.1 Å². The molecule has 0 spiro atoms. The molecule has 1 amide bonds. The molecule has 2 heterocycles. The first-order valence-electron chi connectivity index (χ1n) is 8.21. The molecular formula is C17H20N6O2. The zero-order valence-electron chi connectivity index (χ0n) is 14.1. The van der Waals surface area contributed by atoms with E-state index in [2.05, 4.69) is 15.1 Å². The van der Waals surface area contributed by atoms with Gasteiger partial charge in [0, 0.05) is 42.7 Å². The van der Waals surface area contributed by atoms with Gasteiger partial charge in [-0.1, -0.05) is 30.3 Å². The first-order valence-corrected chi connectivity index (χ1v) is 8.21. The van der Waals surface area contributed by atoms with Gasteiger partial charge in [0.05, 0.1) is 0 Å². The van der Waals surface area contributed by atoms with E-state index in [1.807, 2.05) is 36.5 Å². The van der Waals surface area contributed by atoms with E-state index in [4.69, 9.17) is 10.3 Å². The van der Waals surface area contributed by atoms with E-state index in [0.717, 1.165) is 24.0 Å². The van der Waals surface area contributed by atoms with Crippen LogP contribution in [0.3, 0.4) is 0 Å². The van der Waals surface area contributed by atoms with Crippen LogP contribution in [0, 0.1) is 0 Å². The second-order valence-electron chi connectivity index (χ2n) is 6.10. The Hall–Kier alpha value is -2.99. The van der Waals surface area contributed by atoms with Crippen molar-refractivity contribution in [3.05, 3.63) is 58.1 Å². The summed E-state index contributed by atoms with van der Waals surface area (Å²) >= 11 is 0. The van der Waals surface area contributed by atoms with Crippen molar-refractivity contribution in [3.8, 4) is 0 Å².